The summed E-state index contributed by atoms with van der Waals surface area (Å²) in [5.74, 6) is -0.307. The van der Waals surface area contributed by atoms with Gasteiger partial charge in [-0.05, 0) is 55.7 Å². The van der Waals surface area contributed by atoms with Gasteiger partial charge >= 0.3 is 0 Å². The number of carbonyl (C=O) groups is 1. The number of aryl methyl sites for hydroxylation is 1. The van der Waals surface area contributed by atoms with Gasteiger partial charge in [-0.3, -0.25) is 4.79 Å². The number of anilines is 2. The fraction of sp³-hybridized carbons (Fsp3) is 0.350. The zero-order valence-corrected chi connectivity index (χ0v) is 16.7. The summed E-state index contributed by atoms with van der Waals surface area (Å²) in [6.07, 6.45) is 2.13. The van der Waals surface area contributed by atoms with Crippen LogP contribution in [0.25, 0.3) is 0 Å². The van der Waals surface area contributed by atoms with Crippen molar-refractivity contribution in [1.29, 1.82) is 0 Å². The Labute approximate surface area is 160 Å². The molecule has 1 aliphatic heterocycles. The second kappa shape index (κ2) is 7.70. The van der Waals surface area contributed by atoms with Crippen LogP contribution in [0.5, 0.6) is 0 Å². The third-order valence-corrected chi connectivity index (χ3v) is 6.52. The number of rotatable bonds is 5. The minimum Gasteiger partial charge on any atom is -0.371 e. The maximum Gasteiger partial charge on any atom is 0.257 e. The molecular formula is C20H25N3O3S. The van der Waals surface area contributed by atoms with Gasteiger partial charge in [0.05, 0.1) is 10.5 Å². The molecule has 1 heterocycles. The molecule has 27 heavy (non-hydrogen) atoms. The third kappa shape index (κ3) is 4.14. The lowest BCUT2D eigenvalue weighted by Crippen LogP contribution is -2.25. The summed E-state index contributed by atoms with van der Waals surface area (Å²) in [7, 11) is -0.653. The third-order valence-electron chi connectivity index (χ3n) is 4.71. The number of nitrogens with zero attached hydrogens (tertiary/aromatic N) is 2. The molecule has 0 radical (unpaired) electrons. The number of hydrogen-bond acceptors (Lipinski definition) is 4. The summed E-state index contributed by atoms with van der Waals surface area (Å²) in [4.78, 5) is 15.3. The zero-order valence-electron chi connectivity index (χ0n) is 15.9. The van der Waals surface area contributed by atoms with Crippen molar-refractivity contribution in [1.82, 2.24) is 4.31 Å². The lowest BCUT2D eigenvalue weighted by atomic mass is 10.1. The molecule has 1 amide bonds. The van der Waals surface area contributed by atoms with Crippen molar-refractivity contribution in [2.24, 2.45) is 0 Å². The van der Waals surface area contributed by atoms with Crippen molar-refractivity contribution in [2.75, 3.05) is 37.4 Å². The van der Waals surface area contributed by atoms with Crippen LogP contribution < -0.4 is 10.2 Å². The smallest absolute Gasteiger partial charge is 0.257 e. The van der Waals surface area contributed by atoms with Gasteiger partial charge in [-0.25, -0.2) is 12.7 Å². The van der Waals surface area contributed by atoms with Gasteiger partial charge in [-0.2, -0.15) is 0 Å². The first kappa shape index (κ1) is 19.4. The SMILES string of the molecule is Cc1cccc(NC(=O)c2cc(S(=O)(=O)N(C)C)ccc2N2CCCC2)c1. The molecule has 0 aromatic heterocycles. The van der Waals surface area contributed by atoms with Crippen LogP contribution in [-0.2, 0) is 10.0 Å². The van der Waals surface area contributed by atoms with E-state index in [-0.39, 0.29) is 10.8 Å². The number of hydrogen-bond donors (Lipinski definition) is 1. The molecule has 3 rings (SSSR count). The lowest BCUT2D eigenvalue weighted by molar-refractivity contribution is 0.102. The Kier molecular flexibility index (Phi) is 5.53. The van der Waals surface area contributed by atoms with Crippen LogP contribution in [0, 0.1) is 6.92 Å². The summed E-state index contributed by atoms with van der Waals surface area (Å²) in [6, 6.07) is 12.3. The highest BCUT2D eigenvalue weighted by molar-refractivity contribution is 7.89. The van der Waals surface area contributed by atoms with Crippen molar-refractivity contribution in [3.05, 3.63) is 53.6 Å². The second-order valence-electron chi connectivity index (χ2n) is 6.98. The van der Waals surface area contributed by atoms with E-state index in [1.165, 1.54) is 20.2 Å². The molecule has 0 spiro atoms. The highest BCUT2D eigenvalue weighted by atomic mass is 32.2. The first-order chi connectivity index (χ1) is 12.8. The summed E-state index contributed by atoms with van der Waals surface area (Å²) in [6.45, 7) is 3.69. The van der Waals surface area contributed by atoms with Crippen LogP contribution in [-0.4, -0.2) is 45.8 Å². The Morgan fingerprint density at radius 3 is 2.41 bits per heavy atom. The van der Waals surface area contributed by atoms with Gasteiger partial charge in [-0.1, -0.05) is 12.1 Å². The highest BCUT2D eigenvalue weighted by Crippen LogP contribution is 2.29. The van der Waals surface area contributed by atoms with Gasteiger partial charge in [0.1, 0.15) is 0 Å². The number of amides is 1. The predicted octanol–water partition coefficient (Wildman–Crippen LogP) is 3.10. The van der Waals surface area contributed by atoms with E-state index in [0.717, 1.165) is 41.5 Å². The molecule has 0 atom stereocenters. The minimum atomic E-state index is -3.62. The molecule has 7 heteroatoms. The molecule has 6 nitrogen and oxygen atoms in total. The van der Waals surface area contributed by atoms with E-state index in [4.69, 9.17) is 0 Å². The van der Waals surface area contributed by atoms with Gasteiger partial charge in [0, 0.05) is 38.6 Å². The zero-order chi connectivity index (χ0) is 19.6. The lowest BCUT2D eigenvalue weighted by Gasteiger charge is -2.22. The van der Waals surface area contributed by atoms with E-state index in [2.05, 4.69) is 10.2 Å². The monoisotopic (exact) mass is 387 g/mol. The van der Waals surface area contributed by atoms with Crippen LogP contribution >= 0.6 is 0 Å². The summed E-state index contributed by atoms with van der Waals surface area (Å²) in [5, 5.41) is 2.90. The molecule has 1 N–H and O–H groups in total. The van der Waals surface area contributed by atoms with Gasteiger partial charge in [0.15, 0.2) is 0 Å². The highest BCUT2D eigenvalue weighted by Gasteiger charge is 2.24. The quantitative estimate of drug-likeness (QED) is 0.856. The first-order valence-electron chi connectivity index (χ1n) is 8.98. The maximum absolute atomic E-state index is 13.0. The van der Waals surface area contributed by atoms with Crippen molar-refractivity contribution in [2.45, 2.75) is 24.7 Å². The Morgan fingerprint density at radius 1 is 1.07 bits per heavy atom. The molecule has 0 unspecified atom stereocenters. The van der Waals surface area contributed by atoms with E-state index in [9.17, 15) is 13.2 Å². The average molecular weight is 388 g/mol. The standard InChI is InChI=1S/C20H25N3O3S/c1-15-7-6-8-16(13-15)21-20(24)18-14-17(27(25,26)22(2)3)9-10-19(18)23-11-4-5-12-23/h6-10,13-14H,4-5,11-12H2,1-3H3,(H,21,24). The fourth-order valence-corrected chi connectivity index (χ4v) is 4.15. The van der Waals surface area contributed by atoms with E-state index in [1.54, 1.807) is 12.1 Å². The largest absolute Gasteiger partial charge is 0.371 e. The van der Waals surface area contributed by atoms with E-state index >= 15 is 0 Å². The molecule has 0 bridgehead atoms. The molecule has 1 aliphatic rings. The van der Waals surface area contributed by atoms with Gasteiger partial charge < -0.3 is 10.2 Å². The molecule has 1 saturated heterocycles. The van der Waals surface area contributed by atoms with Crippen LogP contribution in [0.1, 0.15) is 28.8 Å². The van der Waals surface area contributed by atoms with Crippen LogP contribution in [0.2, 0.25) is 0 Å². The van der Waals surface area contributed by atoms with Crippen LogP contribution in [0.4, 0.5) is 11.4 Å². The Balaban J connectivity index is 2.02. The van der Waals surface area contributed by atoms with Crippen LogP contribution in [0.3, 0.4) is 0 Å². The van der Waals surface area contributed by atoms with Crippen molar-refractivity contribution in [3.8, 4) is 0 Å². The maximum atomic E-state index is 13.0. The number of carbonyl (C=O) groups excluding carboxylic acids is 1. The predicted molar refractivity (Wildman–Crippen MR) is 108 cm³/mol. The van der Waals surface area contributed by atoms with Gasteiger partial charge in [-0.15, -0.1) is 0 Å². The molecule has 144 valence electrons. The first-order valence-corrected chi connectivity index (χ1v) is 10.4. The Hall–Kier alpha value is -2.38. The van der Waals surface area contributed by atoms with Crippen molar-refractivity contribution in [3.63, 3.8) is 0 Å². The number of sulfonamides is 1. The normalized spacial score (nSPS) is 14.6. The van der Waals surface area contributed by atoms with E-state index in [1.807, 2.05) is 31.2 Å². The number of nitrogens with one attached hydrogen (secondary N) is 1. The molecule has 0 saturated carbocycles. The Morgan fingerprint density at radius 2 is 1.78 bits per heavy atom. The minimum absolute atomic E-state index is 0.116. The molecule has 2 aromatic carbocycles. The van der Waals surface area contributed by atoms with Gasteiger partial charge in [0.2, 0.25) is 10.0 Å². The van der Waals surface area contributed by atoms with E-state index < -0.39 is 10.0 Å². The number of benzene rings is 2. The fourth-order valence-electron chi connectivity index (χ4n) is 3.22. The van der Waals surface area contributed by atoms with Crippen LogP contribution in [0.15, 0.2) is 47.4 Å². The molecule has 1 fully saturated rings. The van der Waals surface area contributed by atoms with Crippen molar-refractivity contribution < 1.29 is 13.2 Å². The van der Waals surface area contributed by atoms with Crippen molar-refractivity contribution >= 4 is 27.3 Å². The molecular weight excluding hydrogens is 362 g/mol. The molecule has 0 aliphatic carbocycles. The van der Waals surface area contributed by atoms with E-state index in [0.29, 0.717) is 11.3 Å². The average Bonchev–Trinajstić information content (AvgIpc) is 3.15. The summed E-state index contributed by atoms with van der Waals surface area (Å²) < 4.78 is 26.2. The Bertz CT molecular complexity index is 949. The summed E-state index contributed by atoms with van der Waals surface area (Å²) >= 11 is 0. The summed E-state index contributed by atoms with van der Waals surface area (Å²) in [5.41, 5.74) is 2.88. The second-order valence-corrected chi connectivity index (χ2v) is 9.14. The molecule has 2 aromatic rings. The topological polar surface area (TPSA) is 69.7 Å². The van der Waals surface area contributed by atoms with Gasteiger partial charge in [0.25, 0.3) is 5.91 Å².